The molecule has 192 valence electrons. The van der Waals surface area contributed by atoms with Crippen LogP contribution in [0, 0.1) is 12.8 Å². The molecule has 0 spiro atoms. The number of piperidine rings is 1. The zero-order valence-corrected chi connectivity index (χ0v) is 21.8. The first kappa shape index (κ1) is 27.6. The quantitative estimate of drug-likeness (QED) is 0.341. The Hall–Kier alpha value is -1.96. The number of phenols is 2. The molecular weight excluding hydrogens is 485 g/mol. The van der Waals surface area contributed by atoms with Crippen LogP contribution in [0.25, 0.3) is 10.9 Å². The van der Waals surface area contributed by atoms with Crippen LogP contribution in [-0.4, -0.2) is 52.4 Å². The van der Waals surface area contributed by atoms with Gasteiger partial charge in [0.2, 0.25) is 0 Å². The van der Waals surface area contributed by atoms with Gasteiger partial charge in [0.25, 0.3) is 0 Å². The van der Waals surface area contributed by atoms with Gasteiger partial charge in [-0.05, 0) is 81.4 Å². The van der Waals surface area contributed by atoms with E-state index in [1.165, 1.54) is 28.2 Å². The van der Waals surface area contributed by atoms with Gasteiger partial charge in [-0.25, -0.2) is 0 Å². The van der Waals surface area contributed by atoms with Crippen LogP contribution in [-0.2, 0) is 17.6 Å². The maximum Gasteiger partial charge on any atom is 0.161 e. The average Bonchev–Trinajstić information content (AvgIpc) is 3.16. The Morgan fingerprint density at radius 1 is 1.09 bits per heavy atom. The van der Waals surface area contributed by atoms with Gasteiger partial charge in [-0.1, -0.05) is 24.3 Å². The molecule has 35 heavy (non-hydrogen) atoms. The highest BCUT2D eigenvalue weighted by Crippen LogP contribution is 2.42. The van der Waals surface area contributed by atoms with Crippen LogP contribution < -0.4 is 5.73 Å². The molecule has 1 saturated heterocycles. The second-order valence-electron chi connectivity index (χ2n) is 9.66. The van der Waals surface area contributed by atoms with Gasteiger partial charge in [-0.3, -0.25) is 0 Å². The van der Waals surface area contributed by atoms with E-state index >= 15 is 0 Å². The van der Waals surface area contributed by atoms with Crippen molar-refractivity contribution in [2.75, 3.05) is 26.2 Å². The van der Waals surface area contributed by atoms with Crippen LogP contribution in [0.15, 0.2) is 36.4 Å². The van der Waals surface area contributed by atoms with Crippen molar-refractivity contribution in [3.63, 3.8) is 0 Å². The number of aromatic amines is 1. The molecule has 6 nitrogen and oxygen atoms in total. The van der Waals surface area contributed by atoms with E-state index in [0.717, 1.165) is 56.4 Å². The summed E-state index contributed by atoms with van der Waals surface area (Å²) in [6.45, 7) is 5.81. The first-order chi connectivity index (χ1) is 16.0. The van der Waals surface area contributed by atoms with E-state index in [4.69, 9.17) is 10.5 Å². The van der Waals surface area contributed by atoms with Gasteiger partial charge >= 0.3 is 0 Å². The highest BCUT2D eigenvalue weighted by molar-refractivity contribution is 5.86. The van der Waals surface area contributed by atoms with E-state index < -0.39 is 0 Å². The number of nitrogens with two attached hydrogens (primary N) is 1. The van der Waals surface area contributed by atoms with Crippen LogP contribution in [0.1, 0.15) is 47.8 Å². The molecule has 2 aliphatic rings. The molecule has 1 aromatic heterocycles. The van der Waals surface area contributed by atoms with Gasteiger partial charge in [0.15, 0.2) is 11.5 Å². The third-order valence-corrected chi connectivity index (χ3v) is 7.69. The molecule has 5 rings (SSSR count). The summed E-state index contributed by atoms with van der Waals surface area (Å²) >= 11 is 0. The molecule has 0 amide bonds. The molecule has 5 N–H and O–H groups in total. The Balaban J connectivity index is 0.00000171. The number of benzene rings is 2. The zero-order valence-electron chi connectivity index (χ0n) is 20.2. The predicted octanol–water partition coefficient (Wildman–Crippen LogP) is 5.02. The molecule has 8 heteroatoms. The van der Waals surface area contributed by atoms with Crippen molar-refractivity contribution in [2.45, 2.75) is 51.2 Å². The minimum Gasteiger partial charge on any atom is -0.504 e. The number of fused-ring (bicyclic) bond motifs is 2. The predicted molar refractivity (Wildman–Crippen MR) is 145 cm³/mol. The second kappa shape index (κ2) is 11.8. The van der Waals surface area contributed by atoms with Crippen molar-refractivity contribution < 1.29 is 14.9 Å². The number of hydrogen-bond donors (Lipinski definition) is 4. The van der Waals surface area contributed by atoms with E-state index in [0.29, 0.717) is 18.9 Å². The van der Waals surface area contributed by atoms with Gasteiger partial charge < -0.3 is 30.6 Å². The number of aromatic hydroxyl groups is 2. The van der Waals surface area contributed by atoms with Crippen molar-refractivity contribution >= 4 is 35.7 Å². The number of ether oxygens (including phenoxy) is 1. The smallest absolute Gasteiger partial charge is 0.161 e. The third-order valence-electron chi connectivity index (χ3n) is 7.69. The van der Waals surface area contributed by atoms with Gasteiger partial charge in [0.05, 0.1) is 12.2 Å². The van der Waals surface area contributed by atoms with Gasteiger partial charge in [-0.15, -0.1) is 24.8 Å². The van der Waals surface area contributed by atoms with E-state index in [9.17, 15) is 10.2 Å². The Morgan fingerprint density at radius 3 is 2.57 bits per heavy atom. The number of para-hydroxylation sites is 1. The molecular formula is C27H37Cl2N3O3. The number of phenolic OH excluding ortho intramolecular Hbond substituents is 2. The zero-order chi connectivity index (χ0) is 22.9. The first-order valence-corrected chi connectivity index (χ1v) is 12.2. The van der Waals surface area contributed by atoms with Gasteiger partial charge in [-0.2, -0.15) is 0 Å². The van der Waals surface area contributed by atoms with Crippen LogP contribution in [0.5, 0.6) is 11.5 Å². The maximum atomic E-state index is 10.4. The number of hydrogen-bond acceptors (Lipinski definition) is 5. The largest absolute Gasteiger partial charge is 0.504 e. The summed E-state index contributed by atoms with van der Waals surface area (Å²) in [6, 6.07) is 11.9. The van der Waals surface area contributed by atoms with Gasteiger partial charge in [0, 0.05) is 35.1 Å². The maximum absolute atomic E-state index is 10.4. The molecule has 3 heterocycles. The SMILES string of the molecule is Cc1[nH]c2ccccc2c1CCCN1CCC(C2Cc3c(ccc(O)c3O)C(CN)O2)CC1.Cl.Cl. The first-order valence-electron chi connectivity index (χ1n) is 12.2. The summed E-state index contributed by atoms with van der Waals surface area (Å²) in [4.78, 5) is 6.08. The number of halogens is 2. The number of aryl methyl sites for hydroxylation is 2. The number of aromatic nitrogens is 1. The van der Waals surface area contributed by atoms with Crippen molar-refractivity contribution in [1.29, 1.82) is 0 Å². The molecule has 1 fully saturated rings. The number of nitrogens with zero attached hydrogens (tertiary/aromatic N) is 1. The molecule has 2 unspecified atom stereocenters. The lowest BCUT2D eigenvalue weighted by atomic mass is 9.83. The van der Waals surface area contributed by atoms with Crippen LogP contribution >= 0.6 is 24.8 Å². The molecule has 2 aliphatic heterocycles. The fourth-order valence-corrected chi connectivity index (χ4v) is 5.83. The highest BCUT2D eigenvalue weighted by Gasteiger charge is 2.35. The van der Waals surface area contributed by atoms with E-state index in [-0.39, 0.29) is 48.5 Å². The van der Waals surface area contributed by atoms with Crippen LogP contribution in [0.4, 0.5) is 0 Å². The fourth-order valence-electron chi connectivity index (χ4n) is 5.83. The third kappa shape index (κ3) is 5.57. The van der Waals surface area contributed by atoms with Crippen molar-refractivity contribution in [1.82, 2.24) is 9.88 Å². The molecule has 0 bridgehead atoms. The normalized spacial score (nSPS) is 20.7. The summed E-state index contributed by atoms with van der Waals surface area (Å²) in [5.41, 5.74) is 11.7. The lowest BCUT2D eigenvalue weighted by Crippen LogP contribution is -2.42. The number of H-pyrrole nitrogens is 1. The molecule has 0 aliphatic carbocycles. The highest BCUT2D eigenvalue weighted by atomic mass is 35.5. The Morgan fingerprint density at radius 2 is 1.83 bits per heavy atom. The molecule has 0 radical (unpaired) electrons. The Kier molecular flexibility index (Phi) is 9.35. The second-order valence-corrected chi connectivity index (χ2v) is 9.66. The summed E-state index contributed by atoms with van der Waals surface area (Å²) in [5, 5.41) is 21.7. The number of likely N-dealkylation sites (tertiary alicyclic amines) is 1. The number of nitrogens with one attached hydrogen (secondary N) is 1. The lowest BCUT2D eigenvalue weighted by molar-refractivity contribution is -0.0647. The monoisotopic (exact) mass is 521 g/mol. The van der Waals surface area contributed by atoms with E-state index in [2.05, 4.69) is 41.1 Å². The van der Waals surface area contributed by atoms with Crippen LogP contribution in [0.2, 0.25) is 0 Å². The molecule has 2 atom stereocenters. The van der Waals surface area contributed by atoms with Gasteiger partial charge in [0.1, 0.15) is 0 Å². The fraction of sp³-hybridized carbons (Fsp3) is 0.481. The lowest BCUT2D eigenvalue weighted by Gasteiger charge is -2.40. The van der Waals surface area contributed by atoms with Crippen LogP contribution in [0.3, 0.4) is 0 Å². The summed E-state index contributed by atoms with van der Waals surface area (Å²) in [5.74, 6) is 0.371. The Bertz CT molecular complexity index is 1130. The molecule has 3 aromatic rings. The van der Waals surface area contributed by atoms with E-state index in [1.54, 1.807) is 0 Å². The standard InChI is InChI=1S/C27H35N3O3.2ClH/c1-17-19(20-5-2-3-7-23(20)29-17)6-4-12-30-13-10-18(11-14-30)25-15-22-21(26(16-28)33-25)8-9-24(31)27(22)32;;/h2-3,5,7-9,18,25-26,29,31-32H,4,6,10-16,28H2,1H3;2*1H. The number of rotatable bonds is 6. The Labute approximate surface area is 219 Å². The van der Waals surface area contributed by atoms with Crippen molar-refractivity contribution in [3.8, 4) is 11.5 Å². The minimum atomic E-state index is -0.220. The van der Waals surface area contributed by atoms with Crippen molar-refractivity contribution in [2.24, 2.45) is 11.7 Å². The summed E-state index contributed by atoms with van der Waals surface area (Å²) in [7, 11) is 0. The average molecular weight is 523 g/mol. The van der Waals surface area contributed by atoms with Crippen molar-refractivity contribution in [3.05, 3.63) is 58.8 Å². The topological polar surface area (TPSA) is 94.7 Å². The minimum absolute atomic E-state index is 0. The molecule has 2 aromatic carbocycles. The molecule has 0 saturated carbocycles. The van der Waals surface area contributed by atoms with E-state index in [1.807, 2.05) is 6.07 Å². The summed E-state index contributed by atoms with van der Waals surface area (Å²) in [6.07, 6.45) is 4.88. The summed E-state index contributed by atoms with van der Waals surface area (Å²) < 4.78 is 6.38.